The summed E-state index contributed by atoms with van der Waals surface area (Å²) in [6.45, 7) is 7.55. The van der Waals surface area contributed by atoms with Gasteiger partial charge < -0.3 is 27.5 Å². The highest BCUT2D eigenvalue weighted by molar-refractivity contribution is 6.60. The third-order valence-electron chi connectivity index (χ3n) is 3.59. The van der Waals surface area contributed by atoms with Crippen LogP contribution in [0.25, 0.3) is 0 Å². The molecule has 7 heteroatoms. The van der Waals surface area contributed by atoms with Crippen molar-refractivity contribution in [3.8, 4) is 0 Å². The van der Waals surface area contributed by atoms with Gasteiger partial charge in [-0.15, -0.1) is 0 Å². The molecular formula is C17H38O6Si. The summed E-state index contributed by atoms with van der Waals surface area (Å²) in [4.78, 5) is 0. The Morgan fingerprint density at radius 1 is 0.625 bits per heavy atom. The van der Waals surface area contributed by atoms with Crippen molar-refractivity contribution in [2.75, 3.05) is 61.0 Å². The lowest BCUT2D eigenvalue weighted by atomic mass is 10.1. The van der Waals surface area contributed by atoms with Crippen LogP contribution in [0.1, 0.15) is 39.5 Å². The fourth-order valence-corrected chi connectivity index (χ4v) is 4.80. The van der Waals surface area contributed by atoms with Crippen LogP contribution in [0.4, 0.5) is 0 Å². The minimum Gasteiger partial charge on any atom is -0.382 e. The molecule has 0 N–H and O–H groups in total. The van der Waals surface area contributed by atoms with Gasteiger partial charge in [0.05, 0.1) is 39.6 Å². The van der Waals surface area contributed by atoms with Crippen molar-refractivity contribution in [3.05, 3.63) is 0 Å². The molecule has 0 atom stereocenters. The van der Waals surface area contributed by atoms with Crippen molar-refractivity contribution in [1.29, 1.82) is 0 Å². The summed E-state index contributed by atoms with van der Waals surface area (Å²) in [7, 11) is 2.26. The van der Waals surface area contributed by atoms with Crippen LogP contribution < -0.4 is 0 Å². The van der Waals surface area contributed by atoms with Gasteiger partial charge in [-0.1, -0.05) is 33.1 Å². The first kappa shape index (κ1) is 24.0. The maximum atomic E-state index is 6.05. The summed E-state index contributed by atoms with van der Waals surface area (Å²) < 4.78 is 33.4. The molecule has 0 radical (unpaired) electrons. The van der Waals surface area contributed by atoms with Gasteiger partial charge in [-0.25, -0.2) is 0 Å². The normalized spacial score (nSPS) is 12.2. The first-order valence-electron chi connectivity index (χ1n) is 8.99. The van der Waals surface area contributed by atoms with E-state index in [1.165, 1.54) is 19.3 Å². The van der Waals surface area contributed by atoms with Crippen LogP contribution in [-0.4, -0.2) is 69.8 Å². The van der Waals surface area contributed by atoms with Crippen LogP contribution in [0.3, 0.4) is 0 Å². The number of unbranched alkanes of at least 4 members (excludes halogenated alkanes) is 2. The summed E-state index contributed by atoms with van der Waals surface area (Å²) in [5.74, 6) is 0.751. The molecule has 0 amide bonds. The van der Waals surface area contributed by atoms with Gasteiger partial charge in [0.2, 0.25) is 0 Å². The highest BCUT2D eigenvalue weighted by Gasteiger charge is 2.40. The van der Waals surface area contributed by atoms with E-state index in [4.69, 9.17) is 27.5 Å². The van der Waals surface area contributed by atoms with Crippen molar-refractivity contribution in [1.82, 2.24) is 0 Å². The lowest BCUT2D eigenvalue weighted by Gasteiger charge is -2.29. The van der Waals surface area contributed by atoms with E-state index < -0.39 is 8.80 Å². The molecule has 0 aliphatic heterocycles. The zero-order chi connectivity index (χ0) is 18.1. The van der Waals surface area contributed by atoms with Crippen LogP contribution in [-0.2, 0) is 27.5 Å². The van der Waals surface area contributed by atoms with E-state index in [-0.39, 0.29) is 0 Å². The summed E-state index contributed by atoms with van der Waals surface area (Å²) in [5, 5.41) is 0. The molecule has 6 nitrogen and oxygen atoms in total. The molecular weight excluding hydrogens is 328 g/mol. The molecule has 0 spiro atoms. The Bertz CT molecular complexity index is 239. The quantitative estimate of drug-likeness (QED) is 0.274. The topological polar surface area (TPSA) is 55.4 Å². The number of rotatable bonds is 18. The molecule has 0 fully saturated rings. The lowest BCUT2D eigenvalue weighted by Crippen LogP contribution is -2.48. The van der Waals surface area contributed by atoms with E-state index in [9.17, 15) is 0 Å². The minimum absolute atomic E-state index is 0.481. The monoisotopic (exact) mass is 366 g/mol. The summed E-state index contributed by atoms with van der Waals surface area (Å²) in [5.41, 5.74) is 0. The standard InChI is InChI=1S/C17H38O6Si/c1-17(2)9-7-6-8-16-24(21-13-10-18-3,22-14-11-19-4)23-15-12-20-5/h17H,6-16H2,1-5H3. The Kier molecular flexibility index (Phi) is 16.4. The molecule has 0 aromatic carbocycles. The first-order chi connectivity index (χ1) is 11.6. The molecule has 0 rings (SSSR count). The van der Waals surface area contributed by atoms with Gasteiger partial charge in [-0.05, 0) is 12.3 Å². The van der Waals surface area contributed by atoms with Gasteiger partial charge in [0.25, 0.3) is 0 Å². The molecule has 0 aliphatic carbocycles. The van der Waals surface area contributed by atoms with Crippen molar-refractivity contribution >= 4 is 8.80 Å². The zero-order valence-corrected chi connectivity index (χ0v) is 17.3. The van der Waals surface area contributed by atoms with Gasteiger partial charge in [0.15, 0.2) is 0 Å². The SMILES string of the molecule is COCCO[Si](CCCCCC(C)C)(OCCOC)OCCOC. The van der Waals surface area contributed by atoms with E-state index in [2.05, 4.69) is 13.8 Å². The summed E-state index contributed by atoms with van der Waals surface area (Å²) in [6.07, 6.45) is 4.71. The Hall–Kier alpha value is -0.0231. The van der Waals surface area contributed by atoms with Crippen molar-refractivity contribution in [2.24, 2.45) is 5.92 Å². The van der Waals surface area contributed by atoms with E-state index in [0.29, 0.717) is 39.6 Å². The molecule has 0 heterocycles. The molecule has 0 aromatic rings. The predicted octanol–water partition coefficient (Wildman–Crippen LogP) is 3.13. The number of methoxy groups -OCH3 is 3. The lowest BCUT2D eigenvalue weighted by molar-refractivity contribution is 0.0142. The van der Waals surface area contributed by atoms with Gasteiger partial charge in [0, 0.05) is 27.4 Å². The summed E-state index contributed by atoms with van der Waals surface area (Å²) >= 11 is 0. The van der Waals surface area contributed by atoms with Gasteiger partial charge in [-0.2, -0.15) is 0 Å². The number of hydrogen-bond donors (Lipinski definition) is 0. The third-order valence-corrected chi connectivity index (χ3v) is 6.49. The van der Waals surface area contributed by atoms with Crippen LogP contribution in [0.15, 0.2) is 0 Å². The van der Waals surface area contributed by atoms with Gasteiger partial charge >= 0.3 is 8.80 Å². The Morgan fingerprint density at radius 2 is 1.08 bits per heavy atom. The molecule has 0 bridgehead atoms. The van der Waals surface area contributed by atoms with Crippen molar-refractivity contribution in [3.63, 3.8) is 0 Å². The van der Waals surface area contributed by atoms with Gasteiger partial charge in [0.1, 0.15) is 0 Å². The number of hydrogen-bond acceptors (Lipinski definition) is 6. The highest BCUT2D eigenvalue weighted by atomic mass is 28.4. The maximum Gasteiger partial charge on any atom is 0.501 e. The number of ether oxygens (including phenoxy) is 3. The van der Waals surface area contributed by atoms with Crippen LogP contribution in [0.5, 0.6) is 0 Å². The largest absolute Gasteiger partial charge is 0.501 e. The fourth-order valence-electron chi connectivity index (χ4n) is 2.25. The van der Waals surface area contributed by atoms with E-state index >= 15 is 0 Å². The van der Waals surface area contributed by atoms with E-state index in [0.717, 1.165) is 18.4 Å². The fraction of sp³-hybridized carbons (Fsp3) is 1.00. The first-order valence-corrected chi connectivity index (χ1v) is 10.9. The van der Waals surface area contributed by atoms with Crippen LogP contribution in [0.2, 0.25) is 6.04 Å². The second kappa shape index (κ2) is 16.4. The Labute approximate surface area is 149 Å². The third kappa shape index (κ3) is 13.3. The van der Waals surface area contributed by atoms with Crippen molar-refractivity contribution < 1.29 is 27.5 Å². The molecule has 0 unspecified atom stereocenters. The minimum atomic E-state index is -2.72. The maximum absolute atomic E-state index is 6.05. The average Bonchev–Trinajstić information content (AvgIpc) is 2.55. The molecule has 24 heavy (non-hydrogen) atoms. The molecule has 0 saturated carbocycles. The highest BCUT2D eigenvalue weighted by Crippen LogP contribution is 2.21. The molecule has 0 aromatic heterocycles. The van der Waals surface area contributed by atoms with Crippen molar-refractivity contribution in [2.45, 2.75) is 45.6 Å². The average molecular weight is 367 g/mol. The zero-order valence-electron chi connectivity index (χ0n) is 16.3. The smallest absolute Gasteiger partial charge is 0.382 e. The Morgan fingerprint density at radius 3 is 1.46 bits per heavy atom. The summed E-state index contributed by atoms with van der Waals surface area (Å²) in [6, 6.07) is 0.822. The second-order valence-electron chi connectivity index (χ2n) is 6.20. The van der Waals surface area contributed by atoms with Gasteiger partial charge in [-0.3, -0.25) is 0 Å². The Balaban J connectivity index is 4.53. The predicted molar refractivity (Wildman–Crippen MR) is 97.4 cm³/mol. The molecule has 0 aliphatic rings. The van der Waals surface area contributed by atoms with E-state index in [1.807, 2.05) is 0 Å². The molecule has 146 valence electrons. The molecule has 0 saturated heterocycles. The van der Waals surface area contributed by atoms with Crippen LogP contribution >= 0.6 is 0 Å². The van der Waals surface area contributed by atoms with E-state index in [1.54, 1.807) is 21.3 Å². The second-order valence-corrected chi connectivity index (χ2v) is 8.93. The van der Waals surface area contributed by atoms with Crippen LogP contribution in [0, 0.1) is 5.92 Å².